The van der Waals surface area contributed by atoms with Crippen LogP contribution in [0.3, 0.4) is 0 Å². The first-order valence-electron chi connectivity index (χ1n) is 15.0. The van der Waals surface area contributed by atoms with E-state index in [1.165, 1.54) is 87.7 Å². The van der Waals surface area contributed by atoms with Crippen LogP contribution < -0.4 is 0 Å². The van der Waals surface area contributed by atoms with Crippen molar-refractivity contribution in [2.45, 2.75) is 84.0 Å². The Bertz CT molecular complexity index is 1440. The third kappa shape index (κ3) is 5.14. The smallest absolute Gasteiger partial charge is 0.0466 e. The van der Waals surface area contributed by atoms with Crippen LogP contribution in [0.1, 0.15) is 98.1 Å². The Morgan fingerprint density at radius 2 is 1.44 bits per heavy atom. The van der Waals surface area contributed by atoms with Crippen LogP contribution >= 0.6 is 0 Å². The summed E-state index contributed by atoms with van der Waals surface area (Å²) in [6, 6.07) is 32.8. The zero-order valence-electron chi connectivity index (χ0n) is 24.4. The van der Waals surface area contributed by atoms with Gasteiger partial charge in [-0.2, -0.15) is 0 Å². The monoisotopic (exact) mass is 512 g/mol. The van der Waals surface area contributed by atoms with Crippen molar-refractivity contribution in [2.75, 3.05) is 0 Å². The minimum absolute atomic E-state index is 0.132. The molecule has 4 aromatic carbocycles. The number of hydrogen-bond acceptors (Lipinski definition) is 0. The number of fused-ring (bicyclic) bond motifs is 3. The molecule has 0 saturated heterocycles. The van der Waals surface area contributed by atoms with Gasteiger partial charge >= 0.3 is 0 Å². The highest BCUT2D eigenvalue weighted by atomic mass is 14.5. The van der Waals surface area contributed by atoms with Crippen LogP contribution in [0.15, 0.2) is 97.6 Å². The molecule has 0 saturated carbocycles. The first kappa shape index (κ1) is 27.2. The van der Waals surface area contributed by atoms with Gasteiger partial charge in [0.15, 0.2) is 0 Å². The number of rotatable bonds is 11. The Hall–Kier alpha value is -3.38. The molecule has 0 aliphatic heterocycles. The number of hydrogen-bond donors (Lipinski definition) is 0. The molecule has 0 amide bonds. The third-order valence-corrected chi connectivity index (χ3v) is 9.14. The Kier molecular flexibility index (Phi) is 8.22. The zero-order chi connectivity index (χ0) is 27.4. The molecule has 0 nitrogen and oxygen atoms in total. The maximum Gasteiger partial charge on any atom is 0.0466 e. The fraction of sp³-hybridized carbons (Fsp3) is 0.333. The molecule has 4 aromatic rings. The average molecular weight is 513 g/mol. The van der Waals surface area contributed by atoms with Crippen LogP contribution in [0.4, 0.5) is 0 Å². The highest BCUT2D eigenvalue weighted by Crippen LogP contribution is 2.56. The fourth-order valence-corrected chi connectivity index (χ4v) is 6.71. The minimum atomic E-state index is -0.132. The summed E-state index contributed by atoms with van der Waals surface area (Å²) >= 11 is 0. The second-order valence-electron chi connectivity index (χ2n) is 11.7. The van der Waals surface area contributed by atoms with Gasteiger partial charge in [-0.1, -0.05) is 124 Å². The summed E-state index contributed by atoms with van der Waals surface area (Å²) in [5.74, 6) is 0.594. The topological polar surface area (TPSA) is 0 Å². The molecule has 0 N–H and O–H groups in total. The van der Waals surface area contributed by atoms with Gasteiger partial charge in [0.1, 0.15) is 0 Å². The van der Waals surface area contributed by atoms with Crippen molar-refractivity contribution in [1.82, 2.24) is 0 Å². The summed E-state index contributed by atoms with van der Waals surface area (Å²) in [7, 11) is 0. The van der Waals surface area contributed by atoms with Gasteiger partial charge in [-0.05, 0) is 102 Å². The molecule has 0 aromatic heterocycles. The van der Waals surface area contributed by atoms with Crippen LogP contribution in [-0.2, 0) is 5.41 Å². The van der Waals surface area contributed by atoms with Crippen molar-refractivity contribution in [1.29, 1.82) is 0 Å². The van der Waals surface area contributed by atoms with Gasteiger partial charge in [0.25, 0.3) is 0 Å². The lowest BCUT2D eigenvalue weighted by Gasteiger charge is -2.35. The SMILES string of the molecule is C=CCCCCCCC1(c2cc(C)ccc2C)c2ccccc2-c2ccc(-c3ccc(C(C)CC)cc3)cc21. The van der Waals surface area contributed by atoms with Crippen molar-refractivity contribution in [3.05, 3.63) is 131 Å². The molecule has 200 valence electrons. The number of aryl methyl sites for hydroxylation is 2. The molecular formula is C39H44. The molecule has 2 unspecified atom stereocenters. The molecule has 0 radical (unpaired) electrons. The van der Waals surface area contributed by atoms with Gasteiger partial charge in [-0.15, -0.1) is 6.58 Å². The van der Waals surface area contributed by atoms with Crippen molar-refractivity contribution in [3.63, 3.8) is 0 Å². The maximum absolute atomic E-state index is 3.91. The molecule has 2 atom stereocenters. The highest BCUT2D eigenvalue weighted by molar-refractivity contribution is 5.86. The normalized spacial score (nSPS) is 16.5. The molecule has 39 heavy (non-hydrogen) atoms. The Labute approximate surface area is 236 Å². The van der Waals surface area contributed by atoms with Crippen molar-refractivity contribution in [2.24, 2.45) is 0 Å². The molecule has 0 heterocycles. The van der Waals surface area contributed by atoms with Crippen LogP contribution in [0.2, 0.25) is 0 Å². The molecule has 1 aliphatic carbocycles. The predicted molar refractivity (Wildman–Crippen MR) is 170 cm³/mol. The molecule has 0 fully saturated rings. The quantitative estimate of drug-likeness (QED) is 0.138. The number of benzene rings is 4. The second-order valence-corrected chi connectivity index (χ2v) is 11.7. The first-order valence-corrected chi connectivity index (χ1v) is 15.0. The molecular weight excluding hydrogens is 468 g/mol. The predicted octanol–water partition coefficient (Wildman–Crippen LogP) is 11.3. The standard InChI is InChI=1S/C39H44/c1-6-8-9-10-11-14-25-39(37-26-28(3)17-18-30(37)5)36-16-13-12-15-34(36)35-24-23-33(27-38(35)39)32-21-19-31(20-22-32)29(4)7-2/h6,12-13,15-24,26-27,29H,1,7-11,14,25H2,2-5H3. The van der Waals surface area contributed by atoms with Crippen molar-refractivity contribution < 1.29 is 0 Å². The largest absolute Gasteiger partial charge is 0.103 e. The average Bonchev–Trinajstić information content (AvgIpc) is 3.25. The van der Waals surface area contributed by atoms with E-state index in [0.717, 1.165) is 12.8 Å². The van der Waals surface area contributed by atoms with E-state index in [4.69, 9.17) is 0 Å². The van der Waals surface area contributed by atoms with E-state index in [0.29, 0.717) is 5.92 Å². The van der Waals surface area contributed by atoms with E-state index in [1.54, 1.807) is 0 Å². The molecule has 0 bridgehead atoms. The van der Waals surface area contributed by atoms with Crippen molar-refractivity contribution >= 4 is 0 Å². The molecule has 0 heteroatoms. The van der Waals surface area contributed by atoms with Crippen LogP contribution in [-0.4, -0.2) is 0 Å². The molecule has 5 rings (SSSR count). The first-order chi connectivity index (χ1) is 19.0. The van der Waals surface area contributed by atoms with Gasteiger partial charge in [-0.25, -0.2) is 0 Å². The lowest BCUT2D eigenvalue weighted by Crippen LogP contribution is -2.28. The maximum atomic E-state index is 3.91. The summed E-state index contributed by atoms with van der Waals surface area (Å²) in [5, 5.41) is 0. The zero-order valence-corrected chi connectivity index (χ0v) is 24.4. The van der Waals surface area contributed by atoms with E-state index in [2.05, 4.69) is 125 Å². The summed E-state index contributed by atoms with van der Waals surface area (Å²) in [5.41, 5.74) is 13.9. The van der Waals surface area contributed by atoms with E-state index in [-0.39, 0.29) is 5.41 Å². The summed E-state index contributed by atoms with van der Waals surface area (Å²) in [6.45, 7) is 13.0. The van der Waals surface area contributed by atoms with Crippen LogP contribution in [0, 0.1) is 13.8 Å². The summed E-state index contributed by atoms with van der Waals surface area (Å²) < 4.78 is 0. The molecule has 1 aliphatic rings. The minimum Gasteiger partial charge on any atom is -0.103 e. The van der Waals surface area contributed by atoms with Crippen LogP contribution in [0.25, 0.3) is 22.3 Å². The van der Waals surface area contributed by atoms with E-state index in [9.17, 15) is 0 Å². The number of unbranched alkanes of at least 4 members (excludes halogenated alkanes) is 4. The summed E-state index contributed by atoms with van der Waals surface area (Å²) in [4.78, 5) is 0. The second kappa shape index (κ2) is 11.8. The highest BCUT2D eigenvalue weighted by Gasteiger charge is 2.44. The summed E-state index contributed by atoms with van der Waals surface area (Å²) in [6.07, 6.45) is 10.5. The Balaban J connectivity index is 1.65. The van der Waals surface area contributed by atoms with Crippen molar-refractivity contribution in [3.8, 4) is 22.3 Å². The van der Waals surface area contributed by atoms with Gasteiger partial charge < -0.3 is 0 Å². The van der Waals surface area contributed by atoms with Crippen LogP contribution in [0.5, 0.6) is 0 Å². The van der Waals surface area contributed by atoms with Gasteiger partial charge in [-0.3, -0.25) is 0 Å². The third-order valence-electron chi connectivity index (χ3n) is 9.14. The van der Waals surface area contributed by atoms with Gasteiger partial charge in [0.2, 0.25) is 0 Å². The van der Waals surface area contributed by atoms with Gasteiger partial charge in [0, 0.05) is 5.41 Å². The number of allylic oxidation sites excluding steroid dienone is 1. The van der Waals surface area contributed by atoms with E-state index < -0.39 is 0 Å². The molecule has 0 spiro atoms. The Morgan fingerprint density at radius 3 is 2.21 bits per heavy atom. The van der Waals surface area contributed by atoms with Gasteiger partial charge in [0.05, 0.1) is 0 Å². The Morgan fingerprint density at radius 1 is 0.718 bits per heavy atom. The fourth-order valence-electron chi connectivity index (χ4n) is 6.71. The van der Waals surface area contributed by atoms with E-state index in [1.807, 2.05) is 0 Å². The van der Waals surface area contributed by atoms with E-state index >= 15 is 0 Å². The lowest BCUT2D eigenvalue weighted by molar-refractivity contribution is 0.510. The lowest BCUT2D eigenvalue weighted by atomic mass is 9.67.